The normalized spacial score (nSPS) is 14.3. The predicted molar refractivity (Wildman–Crippen MR) is 116 cm³/mol. The van der Waals surface area contributed by atoms with Gasteiger partial charge in [-0.05, 0) is 72.5 Å². The van der Waals surface area contributed by atoms with Gasteiger partial charge < -0.3 is 14.9 Å². The second-order valence-electron chi connectivity index (χ2n) is 6.94. The lowest BCUT2D eigenvalue weighted by molar-refractivity contribution is -0.127. The van der Waals surface area contributed by atoms with Gasteiger partial charge in [-0.2, -0.15) is 5.10 Å². The summed E-state index contributed by atoms with van der Waals surface area (Å²) in [5.74, 6) is -1.01. The molecular weight excluding hydrogens is 420 g/mol. The van der Waals surface area contributed by atoms with Crippen LogP contribution in [0.4, 0.5) is 5.69 Å². The van der Waals surface area contributed by atoms with Crippen molar-refractivity contribution in [2.24, 2.45) is 5.10 Å². The first kappa shape index (κ1) is 20.4. The van der Waals surface area contributed by atoms with Crippen molar-refractivity contribution in [3.63, 3.8) is 0 Å². The van der Waals surface area contributed by atoms with Crippen LogP contribution >= 0.6 is 11.6 Å². The molecule has 31 heavy (non-hydrogen) atoms. The number of carbonyl (C=O) groups excluding carboxylic acids is 2. The van der Waals surface area contributed by atoms with E-state index in [1.165, 1.54) is 36.4 Å². The summed E-state index contributed by atoms with van der Waals surface area (Å²) >= 11 is 5.92. The van der Waals surface area contributed by atoms with Crippen molar-refractivity contribution >= 4 is 34.8 Å². The SMILES string of the molecule is O=C1Oc2ccc(Cl)cc2C(=O)C1=NNc1ccc(CCc2cc(O)ccc2O)cc1. The number of Topliss-reactive ketones (excluding diaryl/α,β-unsaturated/α-hetero) is 1. The second kappa shape index (κ2) is 8.49. The van der Waals surface area contributed by atoms with E-state index < -0.39 is 11.8 Å². The number of aromatic hydroxyl groups is 2. The molecule has 7 nitrogen and oxygen atoms in total. The van der Waals surface area contributed by atoms with E-state index in [1.807, 2.05) is 12.1 Å². The Labute approximate surface area is 182 Å². The molecule has 0 saturated carbocycles. The number of phenolic OH excluding ortho intramolecular Hbond substituents is 2. The molecular formula is C23H17ClN2O5. The molecule has 0 spiro atoms. The van der Waals surface area contributed by atoms with Crippen LogP contribution in [0.5, 0.6) is 17.2 Å². The number of esters is 1. The Hall–Kier alpha value is -3.84. The second-order valence-corrected chi connectivity index (χ2v) is 7.38. The van der Waals surface area contributed by atoms with Crippen LogP contribution in [0.3, 0.4) is 0 Å². The highest BCUT2D eigenvalue weighted by Crippen LogP contribution is 2.27. The van der Waals surface area contributed by atoms with Crippen LogP contribution in [-0.2, 0) is 17.6 Å². The number of phenols is 2. The van der Waals surface area contributed by atoms with E-state index in [-0.39, 0.29) is 28.5 Å². The molecule has 0 radical (unpaired) electrons. The number of hydrogen-bond donors (Lipinski definition) is 3. The zero-order chi connectivity index (χ0) is 22.0. The maximum Gasteiger partial charge on any atom is 0.368 e. The Morgan fingerprint density at radius 1 is 0.935 bits per heavy atom. The highest BCUT2D eigenvalue weighted by atomic mass is 35.5. The van der Waals surface area contributed by atoms with E-state index in [2.05, 4.69) is 10.5 Å². The summed E-state index contributed by atoms with van der Waals surface area (Å²) in [5.41, 5.74) is 4.75. The fourth-order valence-electron chi connectivity index (χ4n) is 3.15. The van der Waals surface area contributed by atoms with Crippen LogP contribution in [0.15, 0.2) is 65.8 Å². The largest absolute Gasteiger partial charge is 0.508 e. The predicted octanol–water partition coefficient (Wildman–Crippen LogP) is 4.11. The average molecular weight is 437 g/mol. The lowest BCUT2D eigenvalue weighted by Gasteiger charge is -2.16. The summed E-state index contributed by atoms with van der Waals surface area (Å²) in [6.45, 7) is 0. The van der Waals surface area contributed by atoms with Crippen molar-refractivity contribution in [3.05, 3.63) is 82.4 Å². The van der Waals surface area contributed by atoms with Crippen LogP contribution in [0.2, 0.25) is 5.02 Å². The van der Waals surface area contributed by atoms with Crippen molar-refractivity contribution < 1.29 is 24.5 Å². The van der Waals surface area contributed by atoms with Gasteiger partial charge in [-0.1, -0.05) is 23.7 Å². The highest BCUT2D eigenvalue weighted by Gasteiger charge is 2.33. The monoisotopic (exact) mass is 436 g/mol. The van der Waals surface area contributed by atoms with Gasteiger partial charge in [-0.3, -0.25) is 10.2 Å². The number of carbonyl (C=O) groups is 2. The zero-order valence-corrected chi connectivity index (χ0v) is 16.9. The highest BCUT2D eigenvalue weighted by molar-refractivity contribution is 6.69. The number of ether oxygens (including phenoxy) is 1. The number of benzene rings is 3. The maximum absolute atomic E-state index is 12.6. The minimum atomic E-state index is -0.838. The van der Waals surface area contributed by atoms with E-state index in [0.717, 1.165) is 5.56 Å². The summed E-state index contributed by atoms with van der Waals surface area (Å²) in [6, 6.07) is 16.1. The summed E-state index contributed by atoms with van der Waals surface area (Å²) in [7, 11) is 0. The van der Waals surface area contributed by atoms with Gasteiger partial charge in [0, 0.05) is 5.02 Å². The number of aryl methyl sites for hydroxylation is 2. The number of hydrazone groups is 1. The Balaban J connectivity index is 1.43. The number of anilines is 1. The zero-order valence-electron chi connectivity index (χ0n) is 16.1. The molecule has 0 aromatic heterocycles. The number of nitrogens with zero attached hydrogens (tertiary/aromatic N) is 1. The topological polar surface area (TPSA) is 108 Å². The minimum absolute atomic E-state index is 0.104. The van der Waals surface area contributed by atoms with Crippen LogP contribution in [0.25, 0.3) is 0 Å². The van der Waals surface area contributed by atoms with Gasteiger partial charge in [0.25, 0.3) is 0 Å². The first-order valence-corrected chi connectivity index (χ1v) is 9.78. The van der Waals surface area contributed by atoms with Gasteiger partial charge in [0.15, 0.2) is 0 Å². The van der Waals surface area contributed by atoms with Crippen molar-refractivity contribution in [1.82, 2.24) is 0 Å². The molecule has 0 atom stereocenters. The first-order chi connectivity index (χ1) is 14.9. The van der Waals surface area contributed by atoms with Gasteiger partial charge >= 0.3 is 5.97 Å². The standard InChI is InChI=1S/C23H17ClN2O5/c24-15-5-10-20-18(12-15)22(29)21(23(30)31-20)26-25-16-6-2-13(3-7-16)1-4-14-11-17(27)8-9-19(14)28/h2-3,5-12,25,27-28H,1,4H2. The molecule has 3 aromatic carbocycles. The van der Waals surface area contributed by atoms with Crippen LogP contribution in [0.1, 0.15) is 21.5 Å². The smallest absolute Gasteiger partial charge is 0.368 e. The van der Waals surface area contributed by atoms with E-state index in [1.54, 1.807) is 12.1 Å². The first-order valence-electron chi connectivity index (χ1n) is 9.40. The molecule has 0 amide bonds. The number of halogens is 1. The molecule has 3 aromatic rings. The third-order valence-corrected chi connectivity index (χ3v) is 5.03. The molecule has 1 aliphatic heterocycles. The molecule has 8 heteroatoms. The van der Waals surface area contributed by atoms with Crippen LogP contribution < -0.4 is 10.2 Å². The molecule has 0 aliphatic carbocycles. The summed E-state index contributed by atoms with van der Waals surface area (Å²) in [5, 5.41) is 23.7. The van der Waals surface area contributed by atoms with Gasteiger partial charge in [-0.25, -0.2) is 4.79 Å². The summed E-state index contributed by atoms with van der Waals surface area (Å²) in [6.07, 6.45) is 1.20. The molecule has 3 N–H and O–H groups in total. The van der Waals surface area contributed by atoms with Gasteiger partial charge in [0.1, 0.15) is 17.2 Å². The van der Waals surface area contributed by atoms with Crippen LogP contribution in [-0.4, -0.2) is 27.7 Å². The number of rotatable bonds is 5. The Bertz CT molecular complexity index is 1210. The molecule has 156 valence electrons. The number of ketones is 1. The Morgan fingerprint density at radius 3 is 2.48 bits per heavy atom. The van der Waals surface area contributed by atoms with Crippen molar-refractivity contribution in [3.8, 4) is 17.2 Å². The minimum Gasteiger partial charge on any atom is -0.508 e. The number of nitrogens with one attached hydrogen (secondary N) is 1. The van der Waals surface area contributed by atoms with E-state index in [0.29, 0.717) is 29.1 Å². The lowest BCUT2D eigenvalue weighted by atomic mass is 10.0. The fraction of sp³-hybridized carbons (Fsp3) is 0.0870. The summed E-state index contributed by atoms with van der Waals surface area (Å²) < 4.78 is 5.14. The van der Waals surface area contributed by atoms with Gasteiger partial charge in [0.2, 0.25) is 11.5 Å². The fourth-order valence-corrected chi connectivity index (χ4v) is 3.32. The molecule has 0 saturated heterocycles. The Morgan fingerprint density at radius 2 is 1.71 bits per heavy atom. The maximum atomic E-state index is 12.6. The number of hydrogen-bond acceptors (Lipinski definition) is 7. The molecule has 1 heterocycles. The van der Waals surface area contributed by atoms with E-state index in [9.17, 15) is 19.8 Å². The van der Waals surface area contributed by atoms with Crippen molar-refractivity contribution in [2.75, 3.05) is 5.43 Å². The van der Waals surface area contributed by atoms with Crippen molar-refractivity contribution in [2.45, 2.75) is 12.8 Å². The van der Waals surface area contributed by atoms with Crippen LogP contribution in [0, 0.1) is 0 Å². The molecule has 0 unspecified atom stereocenters. The third-order valence-electron chi connectivity index (χ3n) is 4.79. The van der Waals surface area contributed by atoms with E-state index in [4.69, 9.17) is 16.3 Å². The van der Waals surface area contributed by atoms with Gasteiger partial charge in [-0.15, -0.1) is 0 Å². The average Bonchev–Trinajstić information content (AvgIpc) is 2.76. The third kappa shape index (κ3) is 4.51. The quantitative estimate of drug-likeness (QED) is 0.240. The number of fused-ring (bicyclic) bond motifs is 1. The molecule has 4 rings (SSSR count). The molecule has 0 bridgehead atoms. The molecule has 1 aliphatic rings. The van der Waals surface area contributed by atoms with Gasteiger partial charge in [0.05, 0.1) is 11.3 Å². The van der Waals surface area contributed by atoms with Crippen molar-refractivity contribution in [1.29, 1.82) is 0 Å². The molecule has 0 fully saturated rings. The van der Waals surface area contributed by atoms with E-state index >= 15 is 0 Å². The Kier molecular flexibility index (Phi) is 5.60. The summed E-state index contributed by atoms with van der Waals surface area (Å²) in [4.78, 5) is 24.7. The lowest BCUT2D eigenvalue weighted by Crippen LogP contribution is -2.34.